The Kier molecular flexibility index (Phi) is 5.55. The average molecular weight is 382 g/mol. The molecule has 0 aliphatic carbocycles. The number of urea groups is 1. The van der Waals surface area contributed by atoms with Crippen LogP contribution in [0.15, 0.2) is 37.1 Å². The van der Waals surface area contributed by atoms with E-state index in [1.54, 1.807) is 18.7 Å². The number of hydrogen-bond donors (Lipinski definition) is 1. The van der Waals surface area contributed by atoms with Gasteiger partial charge < -0.3 is 15.1 Å². The van der Waals surface area contributed by atoms with Crippen LogP contribution in [0.2, 0.25) is 0 Å². The van der Waals surface area contributed by atoms with Crippen molar-refractivity contribution in [3.63, 3.8) is 0 Å². The number of likely N-dealkylation sites (tertiary alicyclic amines) is 2. The summed E-state index contributed by atoms with van der Waals surface area (Å²) >= 11 is 0. The highest BCUT2D eigenvalue weighted by molar-refractivity contribution is 5.79. The number of hydrogen-bond acceptors (Lipinski definition) is 4. The van der Waals surface area contributed by atoms with Gasteiger partial charge >= 0.3 is 6.03 Å². The molecule has 3 amide bonds. The van der Waals surface area contributed by atoms with Gasteiger partial charge in [-0.2, -0.15) is 0 Å². The number of nitrogens with one attached hydrogen (secondary N) is 1. The fourth-order valence-electron chi connectivity index (χ4n) is 3.88. The summed E-state index contributed by atoms with van der Waals surface area (Å²) in [6, 6.07) is 3.98. The molecule has 2 aromatic rings. The van der Waals surface area contributed by atoms with Crippen molar-refractivity contribution in [2.75, 3.05) is 26.2 Å². The molecule has 0 bridgehead atoms. The predicted octanol–water partition coefficient (Wildman–Crippen LogP) is 1.81. The highest BCUT2D eigenvalue weighted by atomic mass is 16.2. The third-order valence-corrected chi connectivity index (χ3v) is 5.56. The van der Waals surface area contributed by atoms with Gasteiger partial charge in [-0.25, -0.2) is 14.8 Å². The summed E-state index contributed by atoms with van der Waals surface area (Å²) in [4.78, 5) is 37.2. The van der Waals surface area contributed by atoms with Crippen LogP contribution in [-0.4, -0.2) is 62.5 Å². The molecule has 2 aliphatic heterocycles. The number of carbonyl (C=O) groups excluding carboxylic acids is 2. The molecule has 0 aromatic carbocycles. The van der Waals surface area contributed by atoms with Crippen molar-refractivity contribution in [3.05, 3.63) is 42.6 Å². The standard InChI is InChI=1S/C20H26N6O2/c27-19(17-4-10-25(11-5-17)20(28)24-8-1-2-9-24)23-14-16-3-6-22-18(13-16)26-12-7-21-15-26/h3,6-7,12-13,15,17H,1-2,4-5,8-11,14H2,(H,23,27). The molecule has 4 heterocycles. The van der Waals surface area contributed by atoms with Gasteiger partial charge in [0.1, 0.15) is 12.1 Å². The number of pyridine rings is 1. The van der Waals surface area contributed by atoms with Crippen LogP contribution >= 0.6 is 0 Å². The van der Waals surface area contributed by atoms with Crippen molar-refractivity contribution >= 4 is 11.9 Å². The summed E-state index contributed by atoms with van der Waals surface area (Å²) in [5, 5.41) is 3.03. The maximum atomic E-state index is 12.6. The molecular weight excluding hydrogens is 356 g/mol. The quantitative estimate of drug-likeness (QED) is 0.874. The van der Waals surface area contributed by atoms with E-state index in [4.69, 9.17) is 0 Å². The SMILES string of the molecule is O=C(NCc1ccnc(-n2ccnc2)c1)C1CCN(C(=O)N2CCCC2)CC1. The zero-order valence-corrected chi connectivity index (χ0v) is 16.0. The normalized spacial score (nSPS) is 17.7. The number of nitrogens with zero attached hydrogens (tertiary/aromatic N) is 5. The number of carbonyl (C=O) groups is 2. The molecular formula is C20H26N6O2. The Bertz CT molecular complexity index is 808. The van der Waals surface area contributed by atoms with E-state index in [9.17, 15) is 9.59 Å². The minimum Gasteiger partial charge on any atom is -0.352 e. The van der Waals surface area contributed by atoms with Crippen LogP contribution in [0.5, 0.6) is 0 Å². The molecule has 8 nitrogen and oxygen atoms in total. The van der Waals surface area contributed by atoms with Crippen LogP contribution in [0.25, 0.3) is 5.82 Å². The Morgan fingerprint density at radius 1 is 1.07 bits per heavy atom. The van der Waals surface area contributed by atoms with E-state index in [2.05, 4.69) is 15.3 Å². The largest absolute Gasteiger partial charge is 0.352 e. The van der Waals surface area contributed by atoms with E-state index < -0.39 is 0 Å². The number of aromatic nitrogens is 3. The Balaban J connectivity index is 1.26. The lowest BCUT2D eigenvalue weighted by molar-refractivity contribution is -0.126. The van der Waals surface area contributed by atoms with E-state index in [1.165, 1.54) is 0 Å². The third kappa shape index (κ3) is 4.16. The molecule has 0 atom stereocenters. The zero-order valence-electron chi connectivity index (χ0n) is 16.0. The van der Waals surface area contributed by atoms with E-state index in [-0.39, 0.29) is 17.9 Å². The van der Waals surface area contributed by atoms with Crippen molar-refractivity contribution in [1.82, 2.24) is 29.7 Å². The number of piperidine rings is 1. The van der Waals surface area contributed by atoms with E-state index >= 15 is 0 Å². The lowest BCUT2D eigenvalue weighted by atomic mass is 9.96. The second-order valence-electron chi connectivity index (χ2n) is 7.45. The second kappa shape index (κ2) is 8.41. The van der Waals surface area contributed by atoms with Crippen molar-refractivity contribution in [3.8, 4) is 5.82 Å². The van der Waals surface area contributed by atoms with Gasteiger partial charge in [-0.15, -0.1) is 0 Å². The van der Waals surface area contributed by atoms with Crippen molar-refractivity contribution in [2.24, 2.45) is 5.92 Å². The summed E-state index contributed by atoms with van der Waals surface area (Å²) in [7, 11) is 0. The second-order valence-corrected chi connectivity index (χ2v) is 7.45. The first-order valence-electron chi connectivity index (χ1n) is 9.95. The van der Waals surface area contributed by atoms with Gasteiger partial charge in [-0.1, -0.05) is 0 Å². The molecule has 2 fully saturated rings. The van der Waals surface area contributed by atoms with Gasteiger partial charge in [0.2, 0.25) is 5.91 Å². The first kappa shape index (κ1) is 18.5. The zero-order chi connectivity index (χ0) is 19.3. The molecule has 28 heavy (non-hydrogen) atoms. The molecule has 148 valence electrons. The molecule has 2 saturated heterocycles. The van der Waals surface area contributed by atoms with Gasteiger partial charge in [0.15, 0.2) is 0 Å². The summed E-state index contributed by atoms with van der Waals surface area (Å²) in [6.07, 6.45) is 10.6. The van der Waals surface area contributed by atoms with E-state index in [0.29, 0.717) is 19.6 Å². The van der Waals surface area contributed by atoms with Crippen molar-refractivity contribution in [1.29, 1.82) is 0 Å². The lowest BCUT2D eigenvalue weighted by Gasteiger charge is -2.34. The van der Waals surface area contributed by atoms with Crippen LogP contribution in [0.4, 0.5) is 4.79 Å². The molecule has 8 heteroatoms. The van der Waals surface area contributed by atoms with Gasteiger partial charge in [0, 0.05) is 57.2 Å². The van der Waals surface area contributed by atoms with Gasteiger partial charge in [0.25, 0.3) is 0 Å². The number of rotatable bonds is 4. The van der Waals surface area contributed by atoms with Gasteiger partial charge in [0.05, 0.1) is 0 Å². The van der Waals surface area contributed by atoms with E-state index in [1.807, 2.05) is 32.7 Å². The Hall–Kier alpha value is -2.90. The highest BCUT2D eigenvalue weighted by Gasteiger charge is 2.30. The Morgan fingerprint density at radius 3 is 2.54 bits per heavy atom. The summed E-state index contributed by atoms with van der Waals surface area (Å²) < 4.78 is 1.83. The lowest BCUT2D eigenvalue weighted by Crippen LogP contribution is -2.47. The monoisotopic (exact) mass is 382 g/mol. The van der Waals surface area contributed by atoms with E-state index in [0.717, 1.165) is 50.2 Å². The smallest absolute Gasteiger partial charge is 0.319 e. The van der Waals surface area contributed by atoms with Crippen molar-refractivity contribution in [2.45, 2.75) is 32.2 Å². The first-order valence-corrected chi connectivity index (χ1v) is 9.95. The minimum atomic E-state index is -0.0300. The Labute approximate surface area is 164 Å². The summed E-state index contributed by atoms with van der Waals surface area (Å²) in [6.45, 7) is 3.52. The average Bonchev–Trinajstić information content (AvgIpc) is 3.46. The van der Waals surface area contributed by atoms with Crippen LogP contribution in [0.1, 0.15) is 31.2 Å². The number of amides is 3. The van der Waals surface area contributed by atoms with Crippen LogP contribution in [-0.2, 0) is 11.3 Å². The molecule has 4 rings (SSSR count). The molecule has 0 radical (unpaired) electrons. The maximum absolute atomic E-state index is 12.6. The summed E-state index contributed by atoms with van der Waals surface area (Å²) in [5.41, 5.74) is 0.994. The van der Waals surface area contributed by atoms with Crippen LogP contribution in [0, 0.1) is 5.92 Å². The van der Waals surface area contributed by atoms with Crippen LogP contribution < -0.4 is 5.32 Å². The summed E-state index contributed by atoms with van der Waals surface area (Å²) in [5.74, 6) is 0.810. The fourth-order valence-corrected chi connectivity index (χ4v) is 3.88. The van der Waals surface area contributed by atoms with Crippen LogP contribution in [0.3, 0.4) is 0 Å². The minimum absolute atomic E-state index is 0.0300. The molecule has 0 unspecified atom stereocenters. The Morgan fingerprint density at radius 2 is 1.82 bits per heavy atom. The maximum Gasteiger partial charge on any atom is 0.319 e. The molecule has 0 spiro atoms. The molecule has 2 aliphatic rings. The van der Waals surface area contributed by atoms with Gasteiger partial charge in [-0.3, -0.25) is 9.36 Å². The number of imidazole rings is 1. The molecule has 0 saturated carbocycles. The van der Waals surface area contributed by atoms with Crippen molar-refractivity contribution < 1.29 is 9.59 Å². The first-order chi connectivity index (χ1) is 13.7. The van der Waals surface area contributed by atoms with Gasteiger partial charge in [-0.05, 0) is 43.4 Å². The fraction of sp³-hybridized carbons (Fsp3) is 0.500. The topological polar surface area (TPSA) is 83.4 Å². The molecule has 1 N–H and O–H groups in total. The molecule has 2 aromatic heterocycles. The third-order valence-electron chi connectivity index (χ3n) is 5.56. The predicted molar refractivity (Wildman–Crippen MR) is 104 cm³/mol. The highest BCUT2D eigenvalue weighted by Crippen LogP contribution is 2.20.